The van der Waals surface area contributed by atoms with E-state index in [9.17, 15) is 13.2 Å². The highest BCUT2D eigenvalue weighted by Crippen LogP contribution is 2.23. The lowest BCUT2D eigenvalue weighted by Crippen LogP contribution is -2.26. The fraction of sp³-hybridized carbons (Fsp3) is 0.136. The highest BCUT2D eigenvalue weighted by atomic mass is 35.5. The predicted molar refractivity (Wildman–Crippen MR) is 117 cm³/mol. The van der Waals surface area contributed by atoms with Gasteiger partial charge in [0.25, 0.3) is 10.0 Å². The summed E-state index contributed by atoms with van der Waals surface area (Å²) < 4.78 is 26.6. The Balaban J connectivity index is 1.69. The van der Waals surface area contributed by atoms with Gasteiger partial charge in [-0.3, -0.25) is 9.10 Å². The lowest BCUT2D eigenvalue weighted by atomic mass is 10.1. The van der Waals surface area contributed by atoms with Gasteiger partial charge in [-0.1, -0.05) is 41.9 Å². The van der Waals surface area contributed by atoms with E-state index in [1.807, 2.05) is 6.92 Å². The van der Waals surface area contributed by atoms with Crippen LogP contribution in [0.25, 0.3) is 0 Å². The minimum Gasteiger partial charge on any atom is -0.326 e. The second-order valence-corrected chi connectivity index (χ2v) is 9.04. The number of anilines is 2. The van der Waals surface area contributed by atoms with Crippen molar-refractivity contribution in [2.45, 2.75) is 18.2 Å². The summed E-state index contributed by atoms with van der Waals surface area (Å²) in [6.07, 6.45) is 0.178. The molecule has 0 aliphatic heterocycles. The van der Waals surface area contributed by atoms with Crippen molar-refractivity contribution in [3.8, 4) is 0 Å². The first-order chi connectivity index (χ1) is 13.8. The lowest BCUT2D eigenvalue weighted by Gasteiger charge is -2.19. The molecule has 0 saturated carbocycles. The first-order valence-electron chi connectivity index (χ1n) is 8.96. The van der Waals surface area contributed by atoms with Gasteiger partial charge in [0.15, 0.2) is 0 Å². The van der Waals surface area contributed by atoms with Crippen LogP contribution in [-0.4, -0.2) is 21.4 Å². The predicted octanol–water partition coefficient (Wildman–Crippen LogP) is 4.65. The van der Waals surface area contributed by atoms with Gasteiger partial charge in [0.2, 0.25) is 5.91 Å². The van der Waals surface area contributed by atoms with Crippen LogP contribution in [0.4, 0.5) is 11.4 Å². The molecule has 0 heterocycles. The summed E-state index contributed by atoms with van der Waals surface area (Å²) in [5, 5.41) is 3.48. The van der Waals surface area contributed by atoms with Gasteiger partial charge in [0.05, 0.1) is 17.0 Å². The normalized spacial score (nSPS) is 11.1. The van der Waals surface area contributed by atoms with Crippen LogP contribution in [0.2, 0.25) is 5.02 Å². The third kappa shape index (κ3) is 4.96. The highest BCUT2D eigenvalue weighted by molar-refractivity contribution is 7.92. The zero-order chi connectivity index (χ0) is 21.0. The Morgan fingerprint density at radius 3 is 2.28 bits per heavy atom. The molecule has 0 aliphatic rings. The number of hydrogen-bond donors (Lipinski definition) is 1. The number of aryl methyl sites for hydroxylation is 1. The van der Waals surface area contributed by atoms with E-state index >= 15 is 0 Å². The largest absolute Gasteiger partial charge is 0.326 e. The van der Waals surface area contributed by atoms with Gasteiger partial charge in [0, 0.05) is 17.8 Å². The van der Waals surface area contributed by atoms with Gasteiger partial charge in [-0.25, -0.2) is 8.42 Å². The molecule has 0 fully saturated rings. The van der Waals surface area contributed by atoms with Crippen molar-refractivity contribution >= 4 is 38.9 Å². The third-order valence-electron chi connectivity index (χ3n) is 4.53. The number of benzene rings is 3. The number of carbonyl (C=O) groups excluding carboxylic acids is 1. The van der Waals surface area contributed by atoms with E-state index in [0.29, 0.717) is 16.4 Å². The first kappa shape index (κ1) is 20.9. The summed E-state index contributed by atoms with van der Waals surface area (Å²) in [6, 6.07) is 20.4. The number of halogens is 1. The van der Waals surface area contributed by atoms with Crippen LogP contribution >= 0.6 is 11.6 Å². The molecule has 3 aromatic rings. The maximum atomic E-state index is 12.7. The summed E-state index contributed by atoms with van der Waals surface area (Å²) >= 11 is 5.94. The molecule has 29 heavy (non-hydrogen) atoms. The highest BCUT2D eigenvalue weighted by Gasteiger charge is 2.20. The topological polar surface area (TPSA) is 66.5 Å². The molecule has 0 unspecified atom stereocenters. The van der Waals surface area contributed by atoms with E-state index in [4.69, 9.17) is 11.6 Å². The van der Waals surface area contributed by atoms with Gasteiger partial charge in [0.1, 0.15) is 0 Å². The third-order valence-corrected chi connectivity index (χ3v) is 6.56. The maximum absolute atomic E-state index is 12.7. The molecular formula is C22H21ClN2O3S. The standard InChI is InChI=1S/C22H21ClN2O3S/c1-16-14-18(23)10-13-21(16)24-22(26)15-17-8-11-19(12-9-17)25(2)29(27,28)20-6-4-3-5-7-20/h3-14H,15H2,1-2H3,(H,24,26). The maximum Gasteiger partial charge on any atom is 0.264 e. The summed E-state index contributed by atoms with van der Waals surface area (Å²) in [6.45, 7) is 1.87. The van der Waals surface area contributed by atoms with Gasteiger partial charge in [-0.05, 0) is 60.5 Å². The van der Waals surface area contributed by atoms with E-state index < -0.39 is 10.0 Å². The molecule has 7 heteroatoms. The Labute approximate surface area is 176 Å². The van der Waals surface area contributed by atoms with Crippen molar-refractivity contribution in [3.63, 3.8) is 0 Å². The van der Waals surface area contributed by atoms with E-state index in [1.54, 1.807) is 72.8 Å². The van der Waals surface area contributed by atoms with Crippen molar-refractivity contribution in [1.82, 2.24) is 0 Å². The average molecular weight is 429 g/mol. The van der Waals surface area contributed by atoms with Crippen LogP contribution in [-0.2, 0) is 21.2 Å². The SMILES string of the molecule is Cc1cc(Cl)ccc1NC(=O)Cc1ccc(N(C)S(=O)(=O)c2ccccc2)cc1. The smallest absolute Gasteiger partial charge is 0.264 e. The molecule has 0 spiro atoms. The second-order valence-electron chi connectivity index (χ2n) is 6.64. The number of nitrogens with zero attached hydrogens (tertiary/aromatic N) is 1. The fourth-order valence-corrected chi connectivity index (χ4v) is 4.30. The summed E-state index contributed by atoms with van der Waals surface area (Å²) in [4.78, 5) is 12.6. The summed E-state index contributed by atoms with van der Waals surface area (Å²) in [7, 11) is -2.13. The Morgan fingerprint density at radius 2 is 1.66 bits per heavy atom. The van der Waals surface area contributed by atoms with Gasteiger partial charge < -0.3 is 5.32 Å². The Kier molecular flexibility index (Phi) is 6.25. The van der Waals surface area contributed by atoms with Gasteiger partial charge >= 0.3 is 0 Å². The van der Waals surface area contributed by atoms with Gasteiger partial charge in [-0.15, -0.1) is 0 Å². The number of rotatable bonds is 6. The van der Waals surface area contributed by atoms with Crippen LogP contribution in [0.3, 0.4) is 0 Å². The molecule has 0 bridgehead atoms. The quantitative estimate of drug-likeness (QED) is 0.621. The number of sulfonamides is 1. The summed E-state index contributed by atoms with van der Waals surface area (Å²) in [5.41, 5.74) is 2.90. The minimum absolute atomic E-state index is 0.159. The van der Waals surface area contributed by atoms with Crippen molar-refractivity contribution in [3.05, 3.63) is 88.9 Å². The zero-order valence-electron chi connectivity index (χ0n) is 16.1. The second kappa shape index (κ2) is 8.68. The Bertz CT molecular complexity index is 1110. The van der Waals surface area contributed by atoms with E-state index in [-0.39, 0.29) is 17.2 Å². The van der Waals surface area contributed by atoms with Crippen molar-refractivity contribution in [2.24, 2.45) is 0 Å². The number of carbonyl (C=O) groups is 1. The van der Waals surface area contributed by atoms with Crippen molar-refractivity contribution in [2.75, 3.05) is 16.7 Å². The molecule has 0 atom stereocenters. The average Bonchev–Trinajstić information content (AvgIpc) is 2.71. The Morgan fingerprint density at radius 1 is 1.00 bits per heavy atom. The van der Waals surface area contributed by atoms with Crippen LogP contribution < -0.4 is 9.62 Å². The molecule has 0 saturated heterocycles. The van der Waals surface area contributed by atoms with E-state index in [0.717, 1.165) is 11.1 Å². The Hall–Kier alpha value is -2.83. The van der Waals surface area contributed by atoms with Crippen molar-refractivity contribution < 1.29 is 13.2 Å². The molecule has 1 N–H and O–H groups in total. The van der Waals surface area contributed by atoms with Crippen LogP contribution in [0.15, 0.2) is 77.7 Å². The van der Waals surface area contributed by atoms with E-state index in [1.165, 1.54) is 11.4 Å². The van der Waals surface area contributed by atoms with Crippen LogP contribution in [0.1, 0.15) is 11.1 Å². The molecule has 0 radical (unpaired) electrons. The molecule has 150 valence electrons. The molecule has 3 aromatic carbocycles. The van der Waals surface area contributed by atoms with E-state index in [2.05, 4.69) is 5.32 Å². The summed E-state index contributed by atoms with van der Waals surface area (Å²) in [5.74, 6) is -0.159. The zero-order valence-corrected chi connectivity index (χ0v) is 17.7. The number of nitrogens with one attached hydrogen (secondary N) is 1. The first-order valence-corrected chi connectivity index (χ1v) is 10.8. The fourth-order valence-electron chi connectivity index (χ4n) is 2.86. The number of amides is 1. The molecule has 1 amide bonds. The number of hydrogen-bond acceptors (Lipinski definition) is 3. The van der Waals surface area contributed by atoms with Gasteiger partial charge in [-0.2, -0.15) is 0 Å². The van der Waals surface area contributed by atoms with Crippen LogP contribution in [0, 0.1) is 6.92 Å². The molecule has 3 rings (SSSR count). The molecule has 0 aromatic heterocycles. The molecular weight excluding hydrogens is 408 g/mol. The van der Waals surface area contributed by atoms with Crippen LogP contribution in [0.5, 0.6) is 0 Å². The van der Waals surface area contributed by atoms with Crippen molar-refractivity contribution in [1.29, 1.82) is 0 Å². The monoisotopic (exact) mass is 428 g/mol. The molecule has 0 aliphatic carbocycles. The molecule has 5 nitrogen and oxygen atoms in total. The lowest BCUT2D eigenvalue weighted by molar-refractivity contribution is -0.115. The minimum atomic E-state index is -3.63.